The van der Waals surface area contributed by atoms with Crippen LogP contribution in [0.1, 0.15) is 25.3 Å². The van der Waals surface area contributed by atoms with Crippen LogP contribution in [0.5, 0.6) is 0 Å². The molecule has 2 rings (SSSR count). The third kappa shape index (κ3) is 3.25. The van der Waals surface area contributed by atoms with Gasteiger partial charge in [0.25, 0.3) is 0 Å². The van der Waals surface area contributed by atoms with E-state index in [1.165, 1.54) is 6.07 Å². The average molecular weight is 296 g/mol. The maximum atomic E-state index is 13.9. The molecule has 0 aliphatic heterocycles. The number of nitrogens with zero attached hydrogens (tertiary/aromatic N) is 1. The van der Waals surface area contributed by atoms with E-state index in [0.29, 0.717) is 12.3 Å². The van der Waals surface area contributed by atoms with E-state index >= 15 is 0 Å². The van der Waals surface area contributed by atoms with Crippen LogP contribution in [0.3, 0.4) is 0 Å². The maximum Gasteiger partial charge on any atom is 0.325 e. The predicted octanol–water partition coefficient (Wildman–Crippen LogP) is 1.99. The van der Waals surface area contributed by atoms with Crippen LogP contribution in [0.2, 0.25) is 0 Å². The smallest absolute Gasteiger partial charge is 0.325 e. The van der Waals surface area contributed by atoms with Gasteiger partial charge in [-0.1, -0.05) is 18.3 Å². The van der Waals surface area contributed by atoms with Crippen molar-refractivity contribution in [3.8, 4) is 0 Å². The van der Waals surface area contributed by atoms with Crippen molar-refractivity contribution in [2.75, 3.05) is 18.1 Å². The molecule has 0 spiro atoms. The summed E-state index contributed by atoms with van der Waals surface area (Å²) in [6.45, 7) is 2.15. The Hall–Kier alpha value is -1.69. The summed E-state index contributed by atoms with van der Waals surface area (Å²) in [4.78, 5) is 13.5. The number of hydrogen-bond acceptors (Lipinski definition) is 4. The first-order valence-electron chi connectivity index (χ1n) is 6.55. The normalized spacial score (nSPS) is 13.9. The zero-order valence-corrected chi connectivity index (χ0v) is 12.1. The second-order valence-corrected chi connectivity index (χ2v) is 5.10. The van der Waals surface area contributed by atoms with E-state index in [1.54, 1.807) is 19.1 Å². The van der Waals surface area contributed by atoms with Crippen molar-refractivity contribution < 1.29 is 13.9 Å². The Morgan fingerprint density at radius 3 is 2.80 bits per heavy atom. The van der Waals surface area contributed by atoms with Gasteiger partial charge in [0.05, 0.1) is 17.9 Å². The molecule has 1 aromatic rings. The fourth-order valence-corrected chi connectivity index (χ4v) is 2.34. The van der Waals surface area contributed by atoms with E-state index < -0.39 is 5.82 Å². The number of esters is 1. The molecule has 6 heteroatoms. The molecule has 108 valence electrons. The Kier molecular flexibility index (Phi) is 4.54. The fraction of sp³-hybridized carbons (Fsp3) is 0.429. The maximum absolute atomic E-state index is 13.9. The van der Waals surface area contributed by atoms with Crippen molar-refractivity contribution in [1.82, 2.24) is 0 Å². The van der Waals surface area contributed by atoms with E-state index in [9.17, 15) is 9.18 Å². The number of carbonyl (C=O) groups excluding carboxylic acids is 1. The van der Waals surface area contributed by atoms with Crippen molar-refractivity contribution in [2.45, 2.75) is 25.8 Å². The molecular formula is C14H17FN2O2S. The summed E-state index contributed by atoms with van der Waals surface area (Å²) >= 11 is 4.92. The van der Waals surface area contributed by atoms with Gasteiger partial charge < -0.3 is 15.4 Å². The SMILES string of the molecule is CCOC(=O)CN(c1cccc(F)c1C(N)=S)C1CC1. The van der Waals surface area contributed by atoms with Crippen LogP contribution in [0.15, 0.2) is 18.2 Å². The highest BCUT2D eigenvalue weighted by atomic mass is 32.1. The predicted molar refractivity (Wildman–Crippen MR) is 79.3 cm³/mol. The number of anilines is 1. The summed E-state index contributed by atoms with van der Waals surface area (Å²) in [5, 5.41) is 0. The summed E-state index contributed by atoms with van der Waals surface area (Å²) < 4.78 is 18.9. The Labute approximate surface area is 122 Å². The van der Waals surface area contributed by atoms with Crippen LogP contribution in [0, 0.1) is 5.82 Å². The van der Waals surface area contributed by atoms with E-state index in [2.05, 4.69) is 0 Å². The molecule has 0 saturated heterocycles. The highest BCUT2D eigenvalue weighted by Gasteiger charge is 2.33. The minimum Gasteiger partial charge on any atom is -0.465 e. The first-order valence-corrected chi connectivity index (χ1v) is 6.96. The van der Waals surface area contributed by atoms with Gasteiger partial charge in [-0.05, 0) is 31.9 Å². The molecule has 1 aliphatic rings. The van der Waals surface area contributed by atoms with Gasteiger partial charge in [-0.25, -0.2) is 4.39 Å². The number of rotatable bonds is 6. The number of ether oxygens (including phenoxy) is 1. The largest absolute Gasteiger partial charge is 0.465 e. The number of hydrogen-bond donors (Lipinski definition) is 1. The molecule has 0 bridgehead atoms. The van der Waals surface area contributed by atoms with Crippen LogP contribution in [-0.2, 0) is 9.53 Å². The molecule has 1 aliphatic carbocycles. The monoisotopic (exact) mass is 296 g/mol. The summed E-state index contributed by atoms with van der Waals surface area (Å²) in [5.41, 5.74) is 6.37. The lowest BCUT2D eigenvalue weighted by Gasteiger charge is -2.26. The quantitative estimate of drug-likeness (QED) is 0.643. The molecule has 4 nitrogen and oxygen atoms in total. The molecule has 0 unspecified atom stereocenters. The molecule has 0 radical (unpaired) electrons. The zero-order valence-electron chi connectivity index (χ0n) is 11.3. The Bertz CT molecular complexity index is 532. The van der Waals surface area contributed by atoms with Crippen LogP contribution in [-0.4, -0.2) is 30.2 Å². The topological polar surface area (TPSA) is 55.6 Å². The first kappa shape index (κ1) is 14.7. The summed E-state index contributed by atoms with van der Waals surface area (Å²) in [7, 11) is 0. The molecule has 1 fully saturated rings. The zero-order chi connectivity index (χ0) is 14.7. The standard InChI is InChI=1S/C14H17FN2O2S/c1-2-19-12(18)8-17(9-6-7-9)11-5-3-4-10(15)13(11)14(16)20/h3-5,9H,2,6-8H2,1H3,(H2,16,20). The summed E-state index contributed by atoms with van der Waals surface area (Å²) in [6, 6.07) is 4.85. The molecule has 0 aromatic heterocycles. The minimum atomic E-state index is -0.468. The molecule has 20 heavy (non-hydrogen) atoms. The van der Waals surface area contributed by atoms with E-state index in [1.807, 2.05) is 4.90 Å². The second kappa shape index (κ2) is 6.17. The Morgan fingerprint density at radius 1 is 1.55 bits per heavy atom. The molecule has 0 amide bonds. The third-order valence-electron chi connectivity index (χ3n) is 3.14. The Balaban J connectivity index is 2.32. The molecular weight excluding hydrogens is 279 g/mol. The number of thiocarbonyl (C=S) groups is 1. The highest BCUT2D eigenvalue weighted by Crippen LogP contribution is 2.34. The van der Waals surface area contributed by atoms with Gasteiger partial charge in [0.1, 0.15) is 17.4 Å². The average Bonchev–Trinajstić information content (AvgIpc) is 3.19. The highest BCUT2D eigenvalue weighted by molar-refractivity contribution is 7.80. The van der Waals surface area contributed by atoms with E-state index in [-0.39, 0.29) is 29.1 Å². The van der Waals surface area contributed by atoms with Crippen molar-refractivity contribution in [2.24, 2.45) is 5.73 Å². The number of benzene rings is 1. The first-order chi connectivity index (χ1) is 9.54. The second-order valence-electron chi connectivity index (χ2n) is 4.66. The lowest BCUT2D eigenvalue weighted by Crippen LogP contribution is -2.34. The Morgan fingerprint density at radius 2 is 2.25 bits per heavy atom. The van der Waals surface area contributed by atoms with Gasteiger partial charge in [-0.3, -0.25) is 4.79 Å². The van der Waals surface area contributed by atoms with E-state index in [4.69, 9.17) is 22.7 Å². The van der Waals surface area contributed by atoms with Gasteiger partial charge in [-0.2, -0.15) is 0 Å². The van der Waals surface area contributed by atoms with Crippen molar-refractivity contribution in [3.63, 3.8) is 0 Å². The van der Waals surface area contributed by atoms with Gasteiger partial charge >= 0.3 is 5.97 Å². The molecule has 1 saturated carbocycles. The number of carbonyl (C=O) groups is 1. The molecule has 1 aromatic carbocycles. The molecule has 0 atom stereocenters. The van der Waals surface area contributed by atoms with Gasteiger partial charge in [0.15, 0.2) is 0 Å². The van der Waals surface area contributed by atoms with Gasteiger partial charge in [0.2, 0.25) is 0 Å². The van der Waals surface area contributed by atoms with Crippen molar-refractivity contribution in [3.05, 3.63) is 29.6 Å². The molecule has 2 N–H and O–H groups in total. The third-order valence-corrected chi connectivity index (χ3v) is 3.34. The molecule has 0 heterocycles. The lowest BCUT2D eigenvalue weighted by atomic mass is 10.1. The minimum absolute atomic E-state index is 0.00684. The number of halogens is 1. The fourth-order valence-electron chi connectivity index (χ4n) is 2.14. The van der Waals surface area contributed by atoms with Gasteiger partial charge in [-0.15, -0.1) is 0 Å². The van der Waals surface area contributed by atoms with Crippen LogP contribution >= 0.6 is 12.2 Å². The summed E-state index contributed by atoms with van der Waals surface area (Å²) in [6.07, 6.45) is 1.93. The van der Waals surface area contributed by atoms with Crippen molar-refractivity contribution in [1.29, 1.82) is 0 Å². The van der Waals surface area contributed by atoms with Crippen LogP contribution in [0.25, 0.3) is 0 Å². The van der Waals surface area contributed by atoms with Gasteiger partial charge in [0, 0.05) is 6.04 Å². The summed E-state index contributed by atoms with van der Waals surface area (Å²) in [5.74, 6) is -0.804. The van der Waals surface area contributed by atoms with E-state index in [0.717, 1.165) is 12.8 Å². The van der Waals surface area contributed by atoms with Crippen molar-refractivity contribution >= 4 is 28.9 Å². The van der Waals surface area contributed by atoms with Crippen LogP contribution in [0.4, 0.5) is 10.1 Å². The van der Waals surface area contributed by atoms with Crippen LogP contribution < -0.4 is 10.6 Å². The number of nitrogens with two attached hydrogens (primary N) is 1. The lowest BCUT2D eigenvalue weighted by molar-refractivity contribution is -0.141.